The van der Waals surface area contributed by atoms with E-state index in [4.69, 9.17) is 9.15 Å². The second kappa shape index (κ2) is 6.10. The lowest BCUT2D eigenvalue weighted by atomic mass is 9.89. The van der Waals surface area contributed by atoms with Crippen molar-refractivity contribution in [3.8, 4) is 0 Å². The molecule has 2 fully saturated rings. The zero-order valence-corrected chi connectivity index (χ0v) is 11.9. The van der Waals surface area contributed by atoms with Crippen molar-refractivity contribution in [2.24, 2.45) is 5.92 Å². The van der Waals surface area contributed by atoms with E-state index in [0.29, 0.717) is 12.7 Å². The Morgan fingerprint density at radius 2 is 1.84 bits per heavy atom. The Morgan fingerprint density at radius 3 is 2.58 bits per heavy atom. The zero-order chi connectivity index (χ0) is 13.1. The van der Waals surface area contributed by atoms with E-state index < -0.39 is 0 Å². The summed E-state index contributed by atoms with van der Waals surface area (Å²) in [4.78, 5) is 0. The molecule has 3 heteroatoms. The van der Waals surface area contributed by atoms with E-state index in [2.05, 4.69) is 24.4 Å². The van der Waals surface area contributed by atoms with Crippen molar-refractivity contribution >= 4 is 0 Å². The van der Waals surface area contributed by atoms with Gasteiger partial charge in [0.05, 0.1) is 12.6 Å². The number of ether oxygens (including phenoxy) is 1. The molecule has 0 saturated heterocycles. The first kappa shape index (κ1) is 13.2. The molecule has 0 bridgehead atoms. The van der Waals surface area contributed by atoms with E-state index in [1.165, 1.54) is 38.5 Å². The van der Waals surface area contributed by atoms with Crippen LogP contribution >= 0.6 is 0 Å². The first-order valence-electron chi connectivity index (χ1n) is 7.72. The Bertz CT molecular complexity index is 389. The first-order valence-corrected chi connectivity index (χ1v) is 7.72. The molecular formula is C16H25NO2. The average Bonchev–Trinajstić information content (AvgIpc) is 3.15. The lowest BCUT2D eigenvalue weighted by Crippen LogP contribution is -2.20. The lowest BCUT2D eigenvalue weighted by molar-refractivity contribution is 0.000894. The molecule has 0 amide bonds. The highest BCUT2D eigenvalue weighted by atomic mass is 16.5. The third-order valence-corrected chi connectivity index (χ3v) is 4.28. The molecule has 2 aliphatic carbocycles. The molecule has 1 aromatic heterocycles. The van der Waals surface area contributed by atoms with E-state index in [1.54, 1.807) is 0 Å². The molecule has 3 rings (SSSR count). The summed E-state index contributed by atoms with van der Waals surface area (Å²) in [5.74, 6) is 2.87. The summed E-state index contributed by atoms with van der Waals surface area (Å²) in [6.07, 6.45) is 8.09. The van der Waals surface area contributed by atoms with Crippen molar-refractivity contribution in [3.05, 3.63) is 23.7 Å². The summed E-state index contributed by atoms with van der Waals surface area (Å²) < 4.78 is 11.7. The Kier molecular flexibility index (Phi) is 4.24. The number of hydrogen-bond donors (Lipinski definition) is 1. The third kappa shape index (κ3) is 4.08. The number of furan rings is 1. The van der Waals surface area contributed by atoms with E-state index in [1.807, 2.05) is 0 Å². The van der Waals surface area contributed by atoms with E-state index >= 15 is 0 Å². The van der Waals surface area contributed by atoms with Gasteiger partial charge in [0, 0.05) is 6.04 Å². The van der Waals surface area contributed by atoms with Gasteiger partial charge in [-0.3, -0.25) is 0 Å². The van der Waals surface area contributed by atoms with Gasteiger partial charge in [-0.15, -0.1) is 0 Å². The maximum absolute atomic E-state index is 5.95. The van der Waals surface area contributed by atoms with Crippen molar-refractivity contribution in [2.45, 2.75) is 70.7 Å². The molecule has 0 unspecified atom stereocenters. The molecule has 19 heavy (non-hydrogen) atoms. The third-order valence-electron chi connectivity index (χ3n) is 4.28. The van der Waals surface area contributed by atoms with Crippen molar-refractivity contribution in [2.75, 3.05) is 0 Å². The summed E-state index contributed by atoms with van der Waals surface area (Å²) in [5.41, 5.74) is 0. The van der Waals surface area contributed by atoms with Gasteiger partial charge in [0.25, 0.3) is 0 Å². The first-order chi connectivity index (χ1) is 9.29. The van der Waals surface area contributed by atoms with Crippen molar-refractivity contribution in [1.82, 2.24) is 5.32 Å². The molecule has 0 radical (unpaired) electrons. The smallest absolute Gasteiger partial charge is 0.129 e. The SMILES string of the molecule is CC1CCC(OCc2ccc(CNC3CC3)o2)CC1. The molecule has 0 aromatic carbocycles. The zero-order valence-electron chi connectivity index (χ0n) is 11.9. The molecule has 1 aromatic rings. The average molecular weight is 263 g/mol. The standard InChI is InChI=1S/C16H25NO2/c1-12-2-6-14(7-3-12)18-11-16-9-8-15(19-16)10-17-13-4-5-13/h8-9,12-14,17H,2-7,10-11H2,1H3. The Labute approximate surface area is 115 Å². The van der Waals surface area contributed by atoms with E-state index in [0.717, 1.165) is 30.0 Å². The Balaban J connectivity index is 1.39. The second-order valence-electron chi connectivity index (χ2n) is 6.22. The molecular weight excluding hydrogens is 238 g/mol. The summed E-state index contributed by atoms with van der Waals surface area (Å²) in [5, 5.41) is 3.46. The van der Waals surface area contributed by atoms with Crippen LogP contribution in [-0.4, -0.2) is 12.1 Å². The summed E-state index contributed by atoms with van der Waals surface area (Å²) in [6.45, 7) is 3.82. The molecule has 106 valence electrons. The minimum absolute atomic E-state index is 0.439. The predicted molar refractivity (Wildman–Crippen MR) is 74.8 cm³/mol. The van der Waals surface area contributed by atoms with Gasteiger partial charge in [-0.2, -0.15) is 0 Å². The lowest BCUT2D eigenvalue weighted by Gasteiger charge is -2.25. The van der Waals surface area contributed by atoms with Crippen molar-refractivity contribution < 1.29 is 9.15 Å². The largest absolute Gasteiger partial charge is 0.462 e. The van der Waals surface area contributed by atoms with E-state index in [-0.39, 0.29) is 0 Å². The summed E-state index contributed by atoms with van der Waals surface area (Å²) in [6, 6.07) is 4.85. The number of nitrogens with one attached hydrogen (secondary N) is 1. The second-order valence-corrected chi connectivity index (χ2v) is 6.22. The maximum atomic E-state index is 5.95. The van der Waals surface area contributed by atoms with Gasteiger partial charge in [0.2, 0.25) is 0 Å². The van der Waals surface area contributed by atoms with Gasteiger partial charge in [0.15, 0.2) is 0 Å². The molecule has 0 spiro atoms. The minimum Gasteiger partial charge on any atom is -0.462 e. The van der Waals surface area contributed by atoms with Gasteiger partial charge in [-0.1, -0.05) is 6.92 Å². The molecule has 3 nitrogen and oxygen atoms in total. The molecule has 2 saturated carbocycles. The highest BCUT2D eigenvalue weighted by molar-refractivity contribution is 5.06. The fraction of sp³-hybridized carbons (Fsp3) is 0.750. The fourth-order valence-electron chi connectivity index (χ4n) is 2.72. The molecule has 0 atom stereocenters. The van der Waals surface area contributed by atoms with Crippen LogP contribution in [0.2, 0.25) is 0 Å². The van der Waals surface area contributed by atoms with Crippen LogP contribution in [0.25, 0.3) is 0 Å². The highest BCUT2D eigenvalue weighted by Crippen LogP contribution is 2.26. The van der Waals surface area contributed by atoms with Crippen molar-refractivity contribution in [3.63, 3.8) is 0 Å². The molecule has 2 aliphatic rings. The van der Waals surface area contributed by atoms with Crippen LogP contribution in [0, 0.1) is 5.92 Å². The van der Waals surface area contributed by atoms with Crippen LogP contribution in [0.1, 0.15) is 57.0 Å². The van der Waals surface area contributed by atoms with E-state index in [9.17, 15) is 0 Å². The summed E-state index contributed by atoms with van der Waals surface area (Å²) >= 11 is 0. The van der Waals surface area contributed by atoms with Gasteiger partial charge in [-0.05, 0) is 56.6 Å². The normalized spacial score (nSPS) is 27.6. The maximum Gasteiger partial charge on any atom is 0.129 e. The molecule has 0 aliphatic heterocycles. The monoisotopic (exact) mass is 263 g/mol. The van der Waals surface area contributed by atoms with Crippen molar-refractivity contribution in [1.29, 1.82) is 0 Å². The van der Waals surface area contributed by atoms with Crippen LogP contribution < -0.4 is 5.32 Å². The highest BCUT2D eigenvalue weighted by Gasteiger charge is 2.21. The van der Waals surface area contributed by atoms with Gasteiger partial charge in [-0.25, -0.2) is 0 Å². The van der Waals surface area contributed by atoms with Crippen LogP contribution in [0.4, 0.5) is 0 Å². The molecule has 1 N–H and O–H groups in total. The number of rotatable bonds is 6. The predicted octanol–water partition coefficient (Wildman–Crippen LogP) is 3.63. The van der Waals surface area contributed by atoms with Gasteiger partial charge < -0.3 is 14.5 Å². The minimum atomic E-state index is 0.439. The van der Waals surface area contributed by atoms with Crippen LogP contribution in [0.5, 0.6) is 0 Å². The van der Waals surface area contributed by atoms with Crippen LogP contribution in [0.15, 0.2) is 16.5 Å². The van der Waals surface area contributed by atoms with Crippen LogP contribution in [-0.2, 0) is 17.9 Å². The summed E-state index contributed by atoms with van der Waals surface area (Å²) in [7, 11) is 0. The van der Waals surface area contributed by atoms with Gasteiger partial charge in [0.1, 0.15) is 18.1 Å². The number of hydrogen-bond acceptors (Lipinski definition) is 3. The Morgan fingerprint density at radius 1 is 1.11 bits per heavy atom. The topological polar surface area (TPSA) is 34.4 Å². The Hall–Kier alpha value is -0.800. The van der Waals surface area contributed by atoms with Gasteiger partial charge >= 0.3 is 0 Å². The quantitative estimate of drug-likeness (QED) is 0.851. The van der Waals surface area contributed by atoms with Crippen LogP contribution in [0.3, 0.4) is 0 Å². The molecule has 1 heterocycles. The fourth-order valence-corrected chi connectivity index (χ4v) is 2.72.